The van der Waals surface area contributed by atoms with Crippen molar-refractivity contribution in [3.63, 3.8) is 0 Å². The molecule has 1 aromatic rings. The zero-order valence-corrected chi connectivity index (χ0v) is 16.6. The smallest absolute Gasteiger partial charge is 0.243 e. The maximum absolute atomic E-state index is 12.9. The molecule has 0 spiro atoms. The Morgan fingerprint density at radius 3 is 2.56 bits per heavy atom. The van der Waals surface area contributed by atoms with Crippen LogP contribution in [0.3, 0.4) is 0 Å². The summed E-state index contributed by atoms with van der Waals surface area (Å²) in [5.41, 5.74) is 2.46. The largest absolute Gasteiger partial charge is 0.352 e. The van der Waals surface area contributed by atoms with Gasteiger partial charge < -0.3 is 16.0 Å². The lowest BCUT2D eigenvalue weighted by Crippen LogP contribution is -2.57. The molecule has 1 fully saturated rings. The number of rotatable bonds is 6. The second-order valence-electron chi connectivity index (χ2n) is 8.12. The lowest BCUT2D eigenvalue weighted by Gasteiger charge is -2.31. The molecule has 1 heterocycles. The van der Waals surface area contributed by atoms with Crippen molar-refractivity contribution >= 4 is 11.8 Å². The third-order valence-electron chi connectivity index (χ3n) is 6.14. The van der Waals surface area contributed by atoms with Gasteiger partial charge in [0.25, 0.3) is 0 Å². The average molecular weight is 372 g/mol. The van der Waals surface area contributed by atoms with E-state index in [9.17, 15) is 9.59 Å². The molecule has 0 bridgehead atoms. The van der Waals surface area contributed by atoms with Crippen molar-refractivity contribution in [3.05, 3.63) is 35.4 Å². The second-order valence-corrected chi connectivity index (χ2v) is 8.12. The monoisotopic (exact) mass is 371 g/mol. The first-order valence-corrected chi connectivity index (χ1v) is 10.5. The van der Waals surface area contributed by atoms with Crippen LogP contribution < -0.4 is 16.0 Å². The number of carbonyl (C=O) groups is 2. The molecule has 5 heteroatoms. The van der Waals surface area contributed by atoms with E-state index >= 15 is 0 Å². The molecule has 3 atom stereocenters. The summed E-state index contributed by atoms with van der Waals surface area (Å²) in [5, 5.41) is 9.54. The van der Waals surface area contributed by atoms with Crippen molar-refractivity contribution in [3.8, 4) is 0 Å². The quantitative estimate of drug-likeness (QED) is 0.720. The first-order chi connectivity index (χ1) is 13.1. The molecule has 0 aromatic heterocycles. The van der Waals surface area contributed by atoms with Crippen LogP contribution in [0.25, 0.3) is 0 Å². The van der Waals surface area contributed by atoms with Crippen LogP contribution in [0.1, 0.15) is 63.5 Å². The number of nitrogens with one attached hydrogen (secondary N) is 3. The number of benzene rings is 1. The summed E-state index contributed by atoms with van der Waals surface area (Å²) in [6, 6.07) is 7.72. The molecule has 0 unspecified atom stereocenters. The normalized spacial score (nSPS) is 22.4. The molecule has 0 radical (unpaired) electrons. The summed E-state index contributed by atoms with van der Waals surface area (Å²) in [7, 11) is 0. The van der Waals surface area contributed by atoms with E-state index in [-0.39, 0.29) is 29.8 Å². The van der Waals surface area contributed by atoms with Crippen LogP contribution in [-0.2, 0) is 22.6 Å². The zero-order valence-electron chi connectivity index (χ0n) is 16.6. The second kappa shape index (κ2) is 9.36. The average Bonchev–Trinajstić information content (AvgIpc) is 2.71. The Hall–Kier alpha value is -1.88. The van der Waals surface area contributed by atoms with Crippen LogP contribution in [0.15, 0.2) is 24.3 Å². The number of hydrogen-bond donors (Lipinski definition) is 3. The minimum absolute atomic E-state index is 0.0270. The van der Waals surface area contributed by atoms with Crippen molar-refractivity contribution in [2.75, 3.05) is 0 Å². The Morgan fingerprint density at radius 1 is 1.15 bits per heavy atom. The fraction of sp³-hybridized carbons (Fsp3) is 0.636. The van der Waals surface area contributed by atoms with Gasteiger partial charge in [-0.05, 0) is 36.3 Å². The summed E-state index contributed by atoms with van der Waals surface area (Å²) in [6.45, 7) is 4.79. The number of fused-ring (bicyclic) bond motifs is 1. The van der Waals surface area contributed by atoms with Gasteiger partial charge in [-0.25, -0.2) is 0 Å². The van der Waals surface area contributed by atoms with Gasteiger partial charge in [0.15, 0.2) is 0 Å². The van der Waals surface area contributed by atoms with Gasteiger partial charge in [0.1, 0.15) is 6.04 Å². The van der Waals surface area contributed by atoms with E-state index in [0.717, 1.165) is 19.3 Å². The van der Waals surface area contributed by atoms with Crippen LogP contribution >= 0.6 is 0 Å². The van der Waals surface area contributed by atoms with Crippen molar-refractivity contribution in [2.45, 2.75) is 83.5 Å². The standard InChI is InChI=1S/C22H33N3O2/c1-3-15(2)20(22(27)24-18-11-5-4-6-12-18)25-21(26)19-13-16-9-7-8-10-17(16)14-23-19/h7-10,15,18-20,23H,3-6,11-14H2,1-2H3,(H,24,27)(H,25,26)/t15-,19-,20-/m0/s1. The van der Waals surface area contributed by atoms with Crippen LogP contribution in [0.4, 0.5) is 0 Å². The van der Waals surface area contributed by atoms with Gasteiger partial charge >= 0.3 is 0 Å². The third-order valence-corrected chi connectivity index (χ3v) is 6.14. The minimum atomic E-state index is -0.469. The van der Waals surface area contributed by atoms with E-state index in [2.05, 4.69) is 35.0 Å². The molecule has 3 rings (SSSR count). The van der Waals surface area contributed by atoms with Gasteiger partial charge in [0, 0.05) is 12.6 Å². The summed E-state index contributed by atoms with van der Waals surface area (Å²) in [6.07, 6.45) is 7.23. The number of amides is 2. The minimum Gasteiger partial charge on any atom is -0.352 e. The zero-order chi connectivity index (χ0) is 19.2. The molecule has 27 heavy (non-hydrogen) atoms. The Morgan fingerprint density at radius 2 is 1.85 bits per heavy atom. The van der Waals surface area contributed by atoms with E-state index in [4.69, 9.17) is 0 Å². The molecule has 0 saturated heterocycles. The fourth-order valence-corrected chi connectivity index (χ4v) is 4.13. The van der Waals surface area contributed by atoms with E-state index in [0.29, 0.717) is 13.0 Å². The molecule has 1 saturated carbocycles. The van der Waals surface area contributed by atoms with Crippen molar-refractivity contribution < 1.29 is 9.59 Å². The highest BCUT2D eigenvalue weighted by Gasteiger charge is 2.31. The van der Waals surface area contributed by atoms with Gasteiger partial charge in [-0.15, -0.1) is 0 Å². The van der Waals surface area contributed by atoms with Gasteiger partial charge in [0.05, 0.1) is 6.04 Å². The lowest BCUT2D eigenvalue weighted by molar-refractivity contribution is -0.131. The molecule has 3 N–H and O–H groups in total. The predicted molar refractivity (Wildman–Crippen MR) is 107 cm³/mol. The fourth-order valence-electron chi connectivity index (χ4n) is 4.13. The highest BCUT2D eigenvalue weighted by atomic mass is 16.2. The molecule has 1 aliphatic heterocycles. The molecule has 5 nitrogen and oxygen atoms in total. The van der Waals surface area contributed by atoms with Crippen LogP contribution in [0.2, 0.25) is 0 Å². The molecule has 2 aliphatic rings. The van der Waals surface area contributed by atoms with Crippen molar-refractivity contribution in [1.29, 1.82) is 0 Å². The summed E-state index contributed by atoms with van der Waals surface area (Å²) in [5.74, 6) is 0.00261. The number of hydrogen-bond acceptors (Lipinski definition) is 3. The molecule has 148 valence electrons. The topological polar surface area (TPSA) is 70.2 Å². The Balaban J connectivity index is 1.61. The van der Waals surface area contributed by atoms with Crippen LogP contribution in [-0.4, -0.2) is 29.9 Å². The Kier molecular flexibility index (Phi) is 6.89. The third kappa shape index (κ3) is 5.10. The molecular formula is C22H33N3O2. The van der Waals surface area contributed by atoms with Gasteiger partial charge in [-0.2, -0.15) is 0 Å². The summed E-state index contributed by atoms with van der Waals surface area (Å²) in [4.78, 5) is 25.8. The molecule has 2 amide bonds. The Bertz CT molecular complexity index is 655. The van der Waals surface area contributed by atoms with E-state index in [1.807, 2.05) is 19.1 Å². The van der Waals surface area contributed by atoms with Gasteiger partial charge in [-0.1, -0.05) is 63.8 Å². The molecule has 1 aliphatic carbocycles. The lowest BCUT2D eigenvalue weighted by atomic mass is 9.92. The van der Waals surface area contributed by atoms with Crippen LogP contribution in [0, 0.1) is 5.92 Å². The summed E-state index contributed by atoms with van der Waals surface area (Å²) < 4.78 is 0. The van der Waals surface area contributed by atoms with Gasteiger partial charge in [0.2, 0.25) is 11.8 Å². The maximum atomic E-state index is 12.9. The van der Waals surface area contributed by atoms with Gasteiger partial charge in [-0.3, -0.25) is 9.59 Å². The van der Waals surface area contributed by atoms with Crippen molar-refractivity contribution in [1.82, 2.24) is 16.0 Å². The summed E-state index contributed by atoms with van der Waals surface area (Å²) >= 11 is 0. The van der Waals surface area contributed by atoms with E-state index < -0.39 is 6.04 Å². The van der Waals surface area contributed by atoms with E-state index in [1.54, 1.807) is 0 Å². The predicted octanol–water partition coefficient (Wildman–Crippen LogP) is 2.68. The SMILES string of the molecule is CC[C@H](C)[C@H](NC(=O)[C@@H]1Cc2ccccc2CN1)C(=O)NC1CCCCC1. The van der Waals surface area contributed by atoms with Crippen molar-refractivity contribution in [2.24, 2.45) is 5.92 Å². The maximum Gasteiger partial charge on any atom is 0.243 e. The van der Waals surface area contributed by atoms with Crippen LogP contribution in [0.5, 0.6) is 0 Å². The molecule has 1 aromatic carbocycles. The molecular weight excluding hydrogens is 338 g/mol. The highest BCUT2D eigenvalue weighted by molar-refractivity contribution is 5.90. The number of carbonyl (C=O) groups excluding carboxylic acids is 2. The first-order valence-electron chi connectivity index (χ1n) is 10.5. The Labute approximate surface area is 162 Å². The van der Waals surface area contributed by atoms with E-state index in [1.165, 1.54) is 30.4 Å². The highest BCUT2D eigenvalue weighted by Crippen LogP contribution is 2.19. The first kappa shape index (κ1) is 19.9.